The topological polar surface area (TPSA) is 61.4 Å². The van der Waals surface area contributed by atoms with Gasteiger partial charge in [-0.3, -0.25) is 4.79 Å². The molecule has 1 aliphatic heterocycles. The van der Waals surface area contributed by atoms with Gasteiger partial charge in [-0.25, -0.2) is 0 Å². The molecular formula is C14H26N2O2. The Kier molecular flexibility index (Phi) is 5.45. The molecule has 0 spiro atoms. The Balaban J connectivity index is 1.81. The van der Waals surface area contributed by atoms with Crippen molar-refractivity contribution in [2.24, 2.45) is 5.92 Å². The summed E-state index contributed by atoms with van der Waals surface area (Å²) in [6, 6.07) is -0.0517. The van der Waals surface area contributed by atoms with E-state index >= 15 is 0 Å². The summed E-state index contributed by atoms with van der Waals surface area (Å²) < 4.78 is 0. The molecule has 2 atom stereocenters. The monoisotopic (exact) mass is 254 g/mol. The third-order valence-electron chi connectivity index (χ3n) is 4.25. The Hall–Kier alpha value is -0.610. The number of nitrogens with one attached hydrogen (secondary N) is 2. The number of hydrogen-bond donors (Lipinski definition) is 3. The first kappa shape index (κ1) is 13.8. The van der Waals surface area contributed by atoms with Crippen LogP contribution in [-0.2, 0) is 4.79 Å². The van der Waals surface area contributed by atoms with Crippen LogP contribution >= 0.6 is 0 Å². The van der Waals surface area contributed by atoms with E-state index in [0.717, 1.165) is 25.8 Å². The van der Waals surface area contributed by atoms with Crippen molar-refractivity contribution in [2.45, 2.75) is 63.5 Å². The summed E-state index contributed by atoms with van der Waals surface area (Å²) >= 11 is 0. The molecule has 3 N–H and O–H groups in total. The van der Waals surface area contributed by atoms with E-state index in [0.29, 0.717) is 6.54 Å². The highest BCUT2D eigenvalue weighted by Crippen LogP contribution is 2.22. The summed E-state index contributed by atoms with van der Waals surface area (Å²) in [6.45, 7) is 1.47. The summed E-state index contributed by atoms with van der Waals surface area (Å²) in [6.07, 6.45) is 8.64. The van der Waals surface area contributed by atoms with Gasteiger partial charge in [0.15, 0.2) is 0 Å². The van der Waals surface area contributed by atoms with Gasteiger partial charge in [0.25, 0.3) is 0 Å². The summed E-state index contributed by atoms with van der Waals surface area (Å²) in [5, 5.41) is 16.0. The Morgan fingerprint density at radius 1 is 1.06 bits per heavy atom. The lowest BCUT2D eigenvalue weighted by atomic mass is 9.90. The lowest BCUT2D eigenvalue weighted by Gasteiger charge is -2.30. The van der Waals surface area contributed by atoms with Gasteiger partial charge in [-0.2, -0.15) is 0 Å². The van der Waals surface area contributed by atoms with E-state index in [-0.39, 0.29) is 17.9 Å². The molecule has 18 heavy (non-hydrogen) atoms. The van der Waals surface area contributed by atoms with E-state index in [1.54, 1.807) is 0 Å². The van der Waals surface area contributed by atoms with E-state index in [1.165, 1.54) is 32.1 Å². The Labute approximate surface area is 110 Å². The molecule has 104 valence electrons. The highest BCUT2D eigenvalue weighted by molar-refractivity contribution is 5.79. The normalized spacial score (nSPS) is 31.4. The smallest absolute Gasteiger partial charge is 0.223 e. The summed E-state index contributed by atoms with van der Waals surface area (Å²) in [7, 11) is 0. The van der Waals surface area contributed by atoms with Gasteiger partial charge in [-0.1, -0.05) is 32.1 Å². The molecule has 0 aromatic carbocycles. The number of carbonyl (C=O) groups is 1. The zero-order chi connectivity index (χ0) is 12.8. The molecule has 4 nitrogen and oxygen atoms in total. The molecule has 1 saturated carbocycles. The van der Waals surface area contributed by atoms with Gasteiger partial charge in [0.2, 0.25) is 5.91 Å². The molecule has 0 radical (unpaired) electrons. The fourth-order valence-corrected chi connectivity index (χ4v) is 3.03. The largest absolute Gasteiger partial charge is 0.390 e. The number of aliphatic hydroxyl groups excluding tert-OH is 1. The van der Waals surface area contributed by atoms with E-state index in [9.17, 15) is 9.90 Å². The molecule has 1 heterocycles. The second kappa shape index (κ2) is 7.10. The lowest BCUT2D eigenvalue weighted by Crippen LogP contribution is -2.53. The molecule has 1 amide bonds. The van der Waals surface area contributed by atoms with Crippen molar-refractivity contribution < 1.29 is 9.90 Å². The Bertz CT molecular complexity index is 263. The van der Waals surface area contributed by atoms with Gasteiger partial charge in [0, 0.05) is 12.5 Å². The van der Waals surface area contributed by atoms with Crippen LogP contribution < -0.4 is 10.6 Å². The number of carbonyl (C=O) groups excluding carboxylic acids is 1. The number of aliphatic hydroxyl groups is 1. The summed E-state index contributed by atoms with van der Waals surface area (Å²) in [4.78, 5) is 12.2. The zero-order valence-corrected chi connectivity index (χ0v) is 11.2. The van der Waals surface area contributed by atoms with Gasteiger partial charge in [-0.05, 0) is 25.8 Å². The minimum atomic E-state index is -0.434. The molecule has 2 unspecified atom stereocenters. The Morgan fingerprint density at radius 2 is 1.72 bits per heavy atom. The fraction of sp³-hybridized carbons (Fsp3) is 0.929. The standard InChI is InChI=1S/C14H26N2O2/c17-13-10-15-9-8-12(13)16-14(18)11-6-4-2-1-3-5-7-11/h11-13,15,17H,1-10H2,(H,16,18). The van der Waals surface area contributed by atoms with Gasteiger partial charge in [0.05, 0.1) is 12.1 Å². The molecule has 0 aromatic rings. The molecule has 2 fully saturated rings. The highest BCUT2D eigenvalue weighted by atomic mass is 16.3. The highest BCUT2D eigenvalue weighted by Gasteiger charge is 2.27. The molecule has 1 aliphatic carbocycles. The first-order chi connectivity index (χ1) is 8.77. The second-order valence-corrected chi connectivity index (χ2v) is 5.72. The summed E-state index contributed by atoms with van der Waals surface area (Å²) in [5.41, 5.74) is 0. The first-order valence-electron chi connectivity index (χ1n) is 7.46. The van der Waals surface area contributed by atoms with Gasteiger partial charge in [-0.15, -0.1) is 0 Å². The van der Waals surface area contributed by atoms with Crippen LogP contribution in [0.2, 0.25) is 0 Å². The predicted molar refractivity (Wildman–Crippen MR) is 71.2 cm³/mol. The quantitative estimate of drug-likeness (QED) is 0.693. The van der Waals surface area contributed by atoms with E-state index < -0.39 is 6.10 Å². The third kappa shape index (κ3) is 3.95. The van der Waals surface area contributed by atoms with Crippen molar-refractivity contribution in [1.82, 2.24) is 10.6 Å². The fourth-order valence-electron chi connectivity index (χ4n) is 3.03. The molecule has 2 rings (SSSR count). The maximum absolute atomic E-state index is 12.2. The van der Waals surface area contributed by atoms with E-state index in [4.69, 9.17) is 0 Å². The second-order valence-electron chi connectivity index (χ2n) is 5.72. The SMILES string of the molecule is O=C(NC1CCNCC1O)C1CCCCCCC1. The van der Waals surface area contributed by atoms with Crippen LogP contribution in [0.4, 0.5) is 0 Å². The number of rotatable bonds is 2. The first-order valence-corrected chi connectivity index (χ1v) is 7.46. The number of β-amino-alcohol motifs (C(OH)–C–C–N with tert-alkyl or cyclic N) is 1. The molecule has 0 aromatic heterocycles. The van der Waals surface area contributed by atoms with Crippen LogP contribution in [0.25, 0.3) is 0 Å². The van der Waals surface area contributed by atoms with Gasteiger partial charge >= 0.3 is 0 Å². The van der Waals surface area contributed by atoms with Gasteiger partial charge < -0.3 is 15.7 Å². The maximum Gasteiger partial charge on any atom is 0.223 e. The number of amides is 1. The number of hydrogen-bond acceptors (Lipinski definition) is 3. The van der Waals surface area contributed by atoms with Crippen LogP contribution in [0.1, 0.15) is 51.4 Å². The molecule has 4 heteroatoms. The average molecular weight is 254 g/mol. The van der Waals surface area contributed by atoms with Gasteiger partial charge in [0.1, 0.15) is 0 Å². The number of piperidine rings is 1. The van der Waals surface area contributed by atoms with Crippen LogP contribution in [-0.4, -0.2) is 36.2 Å². The van der Waals surface area contributed by atoms with E-state index in [2.05, 4.69) is 10.6 Å². The molecule has 0 bridgehead atoms. The van der Waals surface area contributed by atoms with Crippen LogP contribution in [0, 0.1) is 5.92 Å². The minimum Gasteiger partial charge on any atom is -0.390 e. The maximum atomic E-state index is 12.2. The molecular weight excluding hydrogens is 228 g/mol. The van der Waals surface area contributed by atoms with Crippen molar-refractivity contribution in [3.05, 3.63) is 0 Å². The van der Waals surface area contributed by atoms with Crippen molar-refractivity contribution in [3.63, 3.8) is 0 Å². The van der Waals surface area contributed by atoms with Crippen molar-refractivity contribution >= 4 is 5.91 Å². The molecule has 1 saturated heterocycles. The van der Waals surface area contributed by atoms with Crippen LogP contribution in [0.5, 0.6) is 0 Å². The van der Waals surface area contributed by atoms with Crippen LogP contribution in [0.15, 0.2) is 0 Å². The average Bonchev–Trinajstić information content (AvgIpc) is 2.31. The van der Waals surface area contributed by atoms with Crippen molar-refractivity contribution in [3.8, 4) is 0 Å². The van der Waals surface area contributed by atoms with Crippen LogP contribution in [0.3, 0.4) is 0 Å². The zero-order valence-electron chi connectivity index (χ0n) is 11.2. The predicted octanol–water partition coefficient (Wildman–Crippen LogP) is 1.19. The van der Waals surface area contributed by atoms with E-state index in [1.807, 2.05) is 0 Å². The Morgan fingerprint density at radius 3 is 2.39 bits per heavy atom. The third-order valence-corrected chi connectivity index (χ3v) is 4.25. The molecule has 2 aliphatic rings. The van der Waals surface area contributed by atoms with Crippen molar-refractivity contribution in [2.75, 3.05) is 13.1 Å². The lowest BCUT2D eigenvalue weighted by molar-refractivity contribution is -0.127. The summed E-state index contributed by atoms with van der Waals surface area (Å²) in [5.74, 6) is 0.343. The van der Waals surface area contributed by atoms with Crippen molar-refractivity contribution in [1.29, 1.82) is 0 Å². The minimum absolute atomic E-state index is 0.0517.